The van der Waals surface area contributed by atoms with Crippen molar-refractivity contribution in [3.05, 3.63) is 52.7 Å². The Morgan fingerprint density at radius 3 is 2.76 bits per heavy atom. The number of fused-ring (bicyclic) bond motifs is 1. The molecule has 3 aromatic rings. The molecule has 0 saturated carbocycles. The lowest BCUT2D eigenvalue weighted by molar-refractivity contribution is 0.179. The van der Waals surface area contributed by atoms with Crippen LogP contribution < -0.4 is 0 Å². The third kappa shape index (κ3) is 2.94. The van der Waals surface area contributed by atoms with Crippen LogP contribution >= 0.6 is 11.5 Å². The molecule has 5 heteroatoms. The largest absolute Gasteiger partial charge is 0.387 e. The molecule has 0 fully saturated rings. The second-order valence-electron chi connectivity index (χ2n) is 5.39. The molecule has 108 valence electrons. The summed E-state index contributed by atoms with van der Waals surface area (Å²) in [7, 11) is 0. The van der Waals surface area contributed by atoms with E-state index in [-0.39, 0.29) is 5.92 Å². The molecule has 1 aromatic carbocycles. The number of benzene rings is 1. The van der Waals surface area contributed by atoms with E-state index in [4.69, 9.17) is 0 Å². The van der Waals surface area contributed by atoms with Gasteiger partial charge in [-0.1, -0.05) is 42.6 Å². The van der Waals surface area contributed by atoms with E-state index >= 15 is 0 Å². The molecule has 0 amide bonds. The maximum Gasteiger partial charge on any atom is 0.0972 e. The predicted octanol–water partition coefficient (Wildman–Crippen LogP) is 3.49. The average molecular weight is 299 g/mol. The Labute approximate surface area is 127 Å². The minimum atomic E-state index is -0.601. The molecule has 1 atom stereocenters. The van der Waals surface area contributed by atoms with E-state index in [9.17, 15) is 5.11 Å². The molecule has 4 nitrogen and oxygen atoms in total. The number of aliphatic hydroxyl groups is 1. The van der Waals surface area contributed by atoms with Crippen LogP contribution in [0, 0.1) is 0 Å². The Morgan fingerprint density at radius 1 is 1.14 bits per heavy atom. The number of aromatic nitrogens is 3. The van der Waals surface area contributed by atoms with E-state index < -0.39 is 6.10 Å². The van der Waals surface area contributed by atoms with Crippen LogP contribution in [0.25, 0.3) is 10.9 Å². The maximum atomic E-state index is 10.5. The zero-order valence-corrected chi connectivity index (χ0v) is 12.8. The number of aliphatic hydroxyl groups excluding tert-OH is 1. The highest BCUT2D eigenvalue weighted by Gasteiger charge is 2.20. The van der Waals surface area contributed by atoms with E-state index in [0.29, 0.717) is 6.42 Å². The summed E-state index contributed by atoms with van der Waals surface area (Å²) >= 11 is 1.27. The standard InChI is InChI=1S/C16H17N3OS/c1-10(2)15-16(21-19-18-15)14(20)9-12-8-7-11-5-3-4-6-13(11)17-12/h3-8,10,14,20H,9H2,1-2H3. The first-order chi connectivity index (χ1) is 10.1. The van der Waals surface area contributed by atoms with Crippen molar-refractivity contribution in [2.24, 2.45) is 0 Å². The highest BCUT2D eigenvalue weighted by Crippen LogP contribution is 2.28. The van der Waals surface area contributed by atoms with Crippen molar-refractivity contribution < 1.29 is 5.11 Å². The first kappa shape index (κ1) is 14.1. The second kappa shape index (κ2) is 5.87. The van der Waals surface area contributed by atoms with E-state index in [2.05, 4.69) is 28.4 Å². The lowest BCUT2D eigenvalue weighted by atomic mass is 10.0. The maximum absolute atomic E-state index is 10.5. The molecule has 1 N–H and O–H groups in total. The van der Waals surface area contributed by atoms with E-state index in [0.717, 1.165) is 27.2 Å². The summed E-state index contributed by atoms with van der Waals surface area (Å²) in [5.74, 6) is 0.262. The number of nitrogens with zero attached hydrogens (tertiary/aromatic N) is 3. The number of pyridine rings is 1. The van der Waals surface area contributed by atoms with Gasteiger partial charge in [-0.3, -0.25) is 4.98 Å². The molecule has 0 aliphatic rings. The summed E-state index contributed by atoms with van der Waals surface area (Å²) in [5, 5.41) is 15.7. The van der Waals surface area contributed by atoms with Crippen LogP contribution in [0.15, 0.2) is 36.4 Å². The van der Waals surface area contributed by atoms with Crippen molar-refractivity contribution >= 4 is 22.4 Å². The molecular formula is C16H17N3OS. The molecule has 0 bridgehead atoms. The Kier molecular flexibility index (Phi) is 3.94. The van der Waals surface area contributed by atoms with Crippen molar-refractivity contribution in [3.8, 4) is 0 Å². The van der Waals surface area contributed by atoms with Gasteiger partial charge < -0.3 is 5.11 Å². The SMILES string of the molecule is CC(C)c1nnsc1C(O)Cc1ccc2ccccc2n1. The van der Waals surface area contributed by atoms with Gasteiger partial charge in [0.05, 0.1) is 22.2 Å². The van der Waals surface area contributed by atoms with Gasteiger partial charge in [-0.2, -0.15) is 0 Å². The zero-order valence-electron chi connectivity index (χ0n) is 12.0. The molecule has 0 spiro atoms. The van der Waals surface area contributed by atoms with Gasteiger partial charge in [0.1, 0.15) is 0 Å². The Bertz CT molecular complexity index is 754. The van der Waals surface area contributed by atoms with Gasteiger partial charge in [0.25, 0.3) is 0 Å². The lowest BCUT2D eigenvalue weighted by Crippen LogP contribution is -2.05. The fraction of sp³-hybridized carbons (Fsp3) is 0.312. The number of hydrogen-bond donors (Lipinski definition) is 1. The second-order valence-corrected chi connectivity index (χ2v) is 6.18. The molecule has 0 saturated heterocycles. The van der Waals surface area contributed by atoms with Crippen molar-refractivity contribution in [2.45, 2.75) is 32.3 Å². The van der Waals surface area contributed by atoms with Gasteiger partial charge >= 0.3 is 0 Å². The molecule has 21 heavy (non-hydrogen) atoms. The Hall–Kier alpha value is -1.85. The first-order valence-electron chi connectivity index (χ1n) is 7.00. The van der Waals surface area contributed by atoms with E-state index in [1.54, 1.807) is 0 Å². The molecule has 1 unspecified atom stereocenters. The number of hydrogen-bond acceptors (Lipinski definition) is 5. The van der Waals surface area contributed by atoms with Crippen LogP contribution in [-0.4, -0.2) is 19.7 Å². The first-order valence-corrected chi connectivity index (χ1v) is 7.77. The van der Waals surface area contributed by atoms with Crippen molar-refractivity contribution in [2.75, 3.05) is 0 Å². The summed E-state index contributed by atoms with van der Waals surface area (Å²) in [6.45, 7) is 4.11. The summed E-state index contributed by atoms with van der Waals surface area (Å²) in [4.78, 5) is 5.45. The Balaban J connectivity index is 1.85. The van der Waals surface area contributed by atoms with Crippen LogP contribution in [0.3, 0.4) is 0 Å². The lowest BCUT2D eigenvalue weighted by Gasteiger charge is -2.11. The molecular weight excluding hydrogens is 282 g/mol. The van der Waals surface area contributed by atoms with Crippen molar-refractivity contribution in [3.63, 3.8) is 0 Å². The minimum absolute atomic E-state index is 0.262. The highest BCUT2D eigenvalue weighted by atomic mass is 32.1. The summed E-state index contributed by atoms with van der Waals surface area (Å²) < 4.78 is 3.97. The summed E-state index contributed by atoms with van der Waals surface area (Å²) in [5.41, 5.74) is 2.71. The van der Waals surface area contributed by atoms with Gasteiger partial charge in [-0.25, -0.2) is 0 Å². The summed E-state index contributed by atoms with van der Waals surface area (Å²) in [6.07, 6.45) is -0.120. The zero-order chi connectivity index (χ0) is 14.8. The minimum Gasteiger partial charge on any atom is -0.387 e. The molecule has 0 radical (unpaired) electrons. The highest BCUT2D eigenvalue weighted by molar-refractivity contribution is 7.05. The third-order valence-electron chi connectivity index (χ3n) is 3.45. The quantitative estimate of drug-likeness (QED) is 0.801. The predicted molar refractivity (Wildman–Crippen MR) is 84.4 cm³/mol. The molecule has 3 rings (SSSR count). The normalized spacial score (nSPS) is 13.0. The van der Waals surface area contributed by atoms with Crippen molar-refractivity contribution in [1.82, 2.24) is 14.6 Å². The van der Waals surface area contributed by atoms with Crippen LogP contribution in [0.2, 0.25) is 0 Å². The molecule has 0 aliphatic carbocycles. The number of para-hydroxylation sites is 1. The third-order valence-corrected chi connectivity index (χ3v) is 4.29. The monoisotopic (exact) mass is 299 g/mol. The smallest absolute Gasteiger partial charge is 0.0972 e. The van der Waals surface area contributed by atoms with Gasteiger partial charge in [0, 0.05) is 17.5 Å². The van der Waals surface area contributed by atoms with E-state index in [1.165, 1.54) is 11.5 Å². The fourth-order valence-electron chi connectivity index (χ4n) is 2.35. The van der Waals surface area contributed by atoms with Crippen molar-refractivity contribution in [1.29, 1.82) is 0 Å². The van der Waals surface area contributed by atoms with Crippen LogP contribution in [0.1, 0.15) is 42.1 Å². The van der Waals surface area contributed by atoms with Crippen LogP contribution in [0.5, 0.6) is 0 Å². The topological polar surface area (TPSA) is 58.9 Å². The van der Waals surface area contributed by atoms with Gasteiger partial charge in [-0.15, -0.1) is 5.10 Å². The average Bonchev–Trinajstić information content (AvgIpc) is 2.97. The molecule has 2 heterocycles. The molecule has 2 aromatic heterocycles. The Morgan fingerprint density at radius 2 is 1.95 bits per heavy atom. The summed E-state index contributed by atoms with van der Waals surface area (Å²) in [6, 6.07) is 12.0. The van der Waals surface area contributed by atoms with Gasteiger partial charge in [-0.05, 0) is 29.6 Å². The number of rotatable bonds is 4. The fourth-order valence-corrected chi connectivity index (χ4v) is 3.14. The van der Waals surface area contributed by atoms with Gasteiger partial charge in [0.15, 0.2) is 0 Å². The molecule has 0 aliphatic heterocycles. The van der Waals surface area contributed by atoms with Gasteiger partial charge in [0.2, 0.25) is 0 Å². The van der Waals surface area contributed by atoms with Crippen LogP contribution in [0.4, 0.5) is 0 Å². The van der Waals surface area contributed by atoms with E-state index in [1.807, 2.05) is 36.4 Å². The van der Waals surface area contributed by atoms with Crippen LogP contribution in [-0.2, 0) is 6.42 Å².